The lowest BCUT2D eigenvalue weighted by atomic mass is 9.80. The third kappa shape index (κ3) is 8.04. The van der Waals surface area contributed by atoms with E-state index in [0.717, 1.165) is 13.1 Å². The maximum atomic E-state index is 15.7. The number of amides is 4. The first kappa shape index (κ1) is 35.4. The molecule has 262 valence electrons. The number of likely N-dealkylation sites (N-methyl/N-ethyl adjacent to an activating group) is 1. The van der Waals surface area contributed by atoms with Gasteiger partial charge in [-0.05, 0) is 56.5 Å². The first-order chi connectivity index (χ1) is 23.0. The monoisotopic (exact) mass is 669 g/mol. The van der Waals surface area contributed by atoms with Gasteiger partial charge in [0.15, 0.2) is 5.79 Å². The van der Waals surface area contributed by atoms with Crippen LogP contribution in [-0.4, -0.2) is 108 Å². The van der Waals surface area contributed by atoms with Crippen molar-refractivity contribution in [3.8, 4) is 0 Å². The molecular weight excluding hydrogens is 621 g/mol. The third-order valence-corrected chi connectivity index (χ3v) is 9.89. The number of aromatic nitrogens is 2. The average molecular weight is 670 g/mol. The van der Waals surface area contributed by atoms with Crippen LogP contribution in [0.5, 0.6) is 0 Å². The highest BCUT2D eigenvalue weighted by Gasteiger charge is 2.44. The minimum absolute atomic E-state index is 0.0527. The van der Waals surface area contributed by atoms with E-state index >= 15 is 4.39 Å². The van der Waals surface area contributed by atoms with Crippen LogP contribution in [0, 0.1) is 11.7 Å². The van der Waals surface area contributed by atoms with Gasteiger partial charge in [0.05, 0.1) is 18.9 Å². The van der Waals surface area contributed by atoms with E-state index in [9.17, 15) is 19.2 Å². The number of carbonyl (C=O) groups is 4. The fourth-order valence-electron chi connectivity index (χ4n) is 6.81. The number of piperazine rings is 1. The van der Waals surface area contributed by atoms with Gasteiger partial charge in [-0.15, -0.1) is 0 Å². The molecule has 1 aliphatic carbocycles. The lowest BCUT2D eigenvalue weighted by molar-refractivity contribution is -0.183. The molecule has 1 saturated carbocycles. The van der Waals surface area contributed by atoms with Gasteiger partial charge in [-0.25, -0.2) is 4.39 Å². The highest BCUT2D eigenvalue weighted by molar-refractivity contribution is 6.00. The second-order valence-corrected chi connectivity index (χ2v) is 13.0. The van der Waals surface area contributed by atoms with Gasteiger partial charge < -0.3 is 35.2 Å². The number of rotatable bonds is 11. The largest absolute Gasteiger partial charge is 0.348 e. The summed E-state index contributed by atoms with van der Waals surface area (Å²) < 4.78 is 29.0. The van der Waals surface area contributed by atoms with Gasteiger partial charge in [0.25, 0.3) is 5.91 Å². The van der Waals surface area contributed by atoms with Crippen LogP contribution < -0.4 is 16.0 Å². The Balaban J connectivity index is 1.32. The van der Waals surface area contributed by atoms with E-state index in [-0.39, 0.29) is 29.8 Å². The Kier molecular flexibility index (Phi) is 11.5. The molecule has 3 aliphatic rings. The van der Waals surface area contributed by atoms with E-state index in [2.05, 4.69) is 25.9 Å². The maximum Gasteiger partial charge on any atom is 0.270 e. The number of nitrogens with one attached hydrogen (secondary N) is 3. The molecule has 1 spiro atoms. The minimum atomic E-state index is -0.954. The number of hydrogen-bond acceptors (Lipinski definition) is 8. The summed E-state index contributed by atoms with van der Waals surface area (Å²) in [5.41, 5.74) is 0.773. The summed E-state index contributed by atoms with van der Waals surface area (Å²) in [6.45, 7) is 9.42. The number of hydrogen-bond donors (Lipinski definition) is 3. The Hall–Kier alpha value is -3.88. The van der Waals surface area contributed by atoms with Crippen LogP contribution in [0.4, 0.5) is 10.1 Å². The average Bonchev–Trinajstić information content (AvgIpc) is 3.77. The normalized spacial score (nSPS) is 20.2. The molecule has 0 radical (unpaired) electrons. The topological polar surface area (TPSA) is 147 Å². The Morgan fingerprint density at radius 3 is 2.33 bits per heavy atom. The van der Waals surface area contributed by atoms with Gasteiger partial charge >= 0.3 is 0 Å². The van der Waals surface area contributed by atoms with Crippen molar-refractivity contribution < 1.29 is 33.0 Å². The first-order valence-corrected chi connectivity index (χ1v) is 17.0. The van der Waals surface area contributed by atoms with Crippen LogP contribution >= 0.6 is 0 Å². The molecule has 0 bridgehead atoms. The molecule has 13 nitrogen and oxygen atoms in total. The van der Waals surface area contributed by atoms with Crippen LogP contribution in [0.3, 0.4) is 0 Å². The van der Waals surface area contributed by atoms with Gasteiger partial charge in [-0.1, -0.05) is 19.9 Å². The molecule has 5 rings (SSSR count). The van der Waals surface area contributed by atoms with Crippen molar-refractivity contribution in [3.63, 3.8) is 0 Å². The van der Waals surface area contributed by atoms with E-state index < -0.39 is 41.4 Å². The summed E-state index contributed by atoms with van der Waals surface area (Å²) >= 11 is 0. The number of benzene rings is 1. The quantitative estimate of drug-likeness (QED) is 0.331. The van der Waals surface area contributed by atoms with Gasteiger partial charge in [-0.2, -0.15) is 5.10 Å². The summed E-state index contributed by atoms with van der Waals surface area (Å²) in [5, 5.41) is 12.6. The van der Waals surface area contributed by atoms with Gasteiger partial charge in [-0.3, -0.25) is 23.9 Å². The van der Waals surface area contributed by atoms with Crippen molar-refractivity contribution in [1.29, 1.82) is 0 Å². The van der Waals surface area contributed by atoms with Crippen LogP contribution in [0.1, 0.15) is 74.8 Å². The zero-order valence-electron chi connectivity index (χ0n) is 28.3. The second kappa shape index (κ2) is 15.6. The van der Waals surface area contributed by atoms with Crippen molar-refractivity contribution in [2.75, 3.05) is 51.8 Å². The molecule has 3 atom stereocenters. The van der Waals surface area contributed by atoms with Crippen LogP contribution in [0.15, 0.2) is 30.5 Å². The standard InChI is InChI=1S/C34H48FN7O6/c1-5-28(43)38-29(33(46)41-17-15-40(4)16-18-41)22(3)24-7-8-26(25(35)21-24)37-32(45)30(39-31(44)27-11-14-36-42(27)6-2)23-9-12-34(13-10-23)47-19-20-48-34/h7-8,11,14,21-23,29-30H,5-6,9-10,12-13,15-20H2,1-4H3,(H,37,45)(H,38,43)(H,39,44)/t22-,29+,30?/m0/s1. The van der Waals surface area contributed by atoms with Crippen molar-refractivity contribution in [1.82, 2.24) is 30.2 Å². The zero-order valence-corrected chi connectivity index (χ0v) is 28.3. The molecule has 2 saturated heterocycles. The molecule has 2 aromatic rings. The maximum absolute atomic E-state index is 15.7. The Morgan fingerprint density at radius 2 is 1.71 bits per heavy atom. The van der Waals surface area contributed by atoms with E-state index in [1.165, 1.54) is 18.3 Å². The summed E-state index contributed by atoms with van der Waals surface area (Å²) in [7, 11) is 1.99. The minimum Gasteiger partial charge on any atom is -0.348 e. The number of halogens is 1. The first-order valence-electron chi connectivity index (χ1n) is 17.0. The molecule has 1 unspecified atom stereocenters. The summed E-state index contributed by atoms with van der Waals surface area (Å²) in [5.74, 6) is -3.59. The fraction of sp³-hybridized carbons (Fsp3) is 0.618. The van der Waals surface area contributed by atoms with Crippen molar-refractivity contribution in [2.45, 2.75) is 83.2 Å². The fourth-order valence-corrected chi connectivity index (χ4v) is 6.81. The predicted octanol–water partition coefficient (Wildman–Crippen LogP) is 2.48. The smallest absolute Gasteiger partial charge is 0.270 e. The van der Waals surface area contributed by atoms with Gasteiger partial charge in [0.1, 0.15) is 23.6 Å². The molecular formula is C34H48FN7O6. The third-order valence-electron chi connectivity index (χ3n) is 9.89. The molecule has 4 amide bonds. The summed E-state index contributed by atoms with van der Waals surface area (Å²) in [4.78, 5) is 57.0. The zero-order chi connectivity index (χ0) is 34.4. The highest BCUT2D eigenvalue weighted by Crippen LogP contribution is 2.39. The molecule has 1 aromatic heterocycles. The molecule has 3 heterocycles. The Bertz CT molecular complexity index is 1460. The van der Waals surface area contributed by atoms with Crippen LogP contribution in [0.2, 0.25) is 0 Å². The van der Waals surface area contributed by atoms with E-state index in [4.69, 9.17) is 9.47 Å². The van der Waals surface area contributed by atoms with Crippen molar-refractivity contribution in [3.05, 3.63) is 47.5 Å². The lowest BCUT2D eigenvalue weighted by Gasteiger charge is -2.38. The SMILES string of the molecule is CCC(=O)N[C@@H](C(=O)N1CCN(C)CC1)[C@@H](C)c1ccc(NC(=O)C(NC(=O)c2ccnn2CC)C2CCC3(CC2)OCCO3)c(F)c1. The van der Waals surface area contributed by atoms with Gasteiger partial charge in [0, 0.05) is 64.1 Å². The molecule has 48 heavy (non-hydrogen) atoms. The number of nitrogens with zero attached hydrogens (tertiary/aromatic N) is 4. The van der Waals surface area contributed by atoms with Gasteiger partial charge in [0.2, 0.25) is 17.7 Å². The van der Waals surface area contributed by atoms with E-state index in [0.29, 0.717) is 69.8 Å². The summed E-state index contributed by atoms with van der Waals surface area (Å²) in [6, 6.07) is 4.16. The molecule has 2 aliphatic heterocycles. The van der Waals surface area contributed by atoms with Crippen molar-refractivity contribution in [2.24, 2.45) is 5.92 Å². The number of carbonyl (C=O) groups excluding carboxylic acids is 4. The predicted molar refractivity (Wildman–Crippen MR) is 175 cm³/mol. The van der Waals surface area contributed by atoms with E-state index in [1.54, 1.807) is 35.6 Å². The number of aryl methyl sites for hydroxylation is 1. The molecule has 3 fully saturated rings. The number of anilines is 1. The Labute approximate surface area is 280 Å². The molecule has 3 N–H and O–H groups in total. The molecule has 1 aromatic carbocycles. The number of ether oxygens (including phenoxy) is 2. The van der Waals surface area contributed by atoms with Crippen LogP contribution in [-0.2, 0) is 30.4 Å². The Morgan fingerprint density at radius 1 is 1.02 bits per heavy atom. The van der Waals surface area contributed by atoms with Crippen molar-refractivity contribution >= 4 is 29.3 Å². The van der Waals surface area contributed by atoms with E-state index in [1.807, 2.05) is 14.0 Å². The highest BCUT2D eigenvalue weighted by atomic mass is 19.1. The second-order valence-electron chi connectivity index (χ2n) is 13.0. The lowest BCUT2D eigenvalue weighted by Crippen LogP contribution is -2.55. The molecule has 14 heteroatoms. The summed E-state index contributed by atoms with van der Waals surface area (Å²) in [6.07, 6.45) is 4.02. The van der Waals surface area contributed by atoms with Crippen LogP contribution in [0.25, 0.3) is 0 Å².